The van der Waals surface area contributed by atoms with Gasteiger partial charge in [0, 0.05) is 59.0 Å². The molecule has 0 saturated carbocycles. The van der Waals surface area contributed by atoms with Gasteiger partial charge >= 0.3 is 0 Å². The molecule has 2 saturated heterocycles. The minimum Gasteiger partial charge on any atom is -0.497 e. The number of rotatable bonds is 9. The van der Waals surface area contributed by atoms with E-state index in [1.165, 1.54) is 18.2 Å². The Hall–Kier alpha value is -2.94. The zero-order valence-electron chi connectivity index (χ0n) is 21.6. The van der Waals surface area contributed by atoms with E-state index < -0.39 is 6.04 Å². The molecular formula is C28H38N4O4. The van der Waals surface area contributed by atoms with Crippen molar-refractivity contribution in [3.8, 4) is 5.75 Å². The monoisotopic (exact) mass is 494 g/mol. The Morgan fingerprint density at radius 2 is 1.75 bits per heavy atom. The number of nitrogens with one attached hydrogen (secondary N) is 1. The molecule has 0 aromatic heterocycles. The predicted molar refractivity (Wildman–Crippen MR) is 139 cm³/mol. The van der Waals surface area contributed by atoms with Crippen LogP contribution in [-0.4, -0.2) is 92.1 Å². The van der Waals surface area contributed by atoms with Gasteiger partial charge in [-0.1, -0.05) is 42.0 Å². The smallest absolute Gasteiger partial charge is 0.249 e. The number of carbonyl (C=O) groups is 2. The van der Waals surface area contributed by atoms with Gasteiger partial charge in [-0.2, -0.15) is 0 Å². The number of ether oxygens (including phenoxy) is 2. The van der Waals surface area contributed by atoms with Crippen LogP contribution in [0.1, 0.15) is 23.1 Å². The third-order valence-corrected chi connectivity index (χ3v) is 7.12. The highest BCUT2D eigenvalue weighted by Crippen LogP contribution is 2.28. The Morgan fingerprint density at radius 1 is 1.03 bits per heavy atom. The summed E-state index contributed by atoms with van der Waals surface area (Å²) in [5.41, 5.74) is 3.56. The summed E-state index contributed by atoms with van der Waals surface area (Å²) >= 11 is 0. The first-order chi connectivity index (χ1) is 17.5. The average molecular weight is 495 g/mol. The second-order valence-corrected chi connectivity index (χ2v) is 9.70. The molecule has 8 nitrogen and oxygen atoms in total. The molecule has 0 bridgehead atoms. The van der Waals surface area contributed by atoms with Crippen molar-refractivity contribution in [3.63, 3.8) is 0 Å². The fourth-order valence-corrected chi connectivity index (χ4v) is 5.14. The number of hydrogen-bond donors (Lipinski definition) is 1. The highest BCUT2D eigenvalue weighted by atomic mass is 16.5. The number of hydrogen-bond acceptors (Lipinski definition) is 6. The number of amides is 2. The van der Waals surface area contributed by atoms with Crippen LogP contribution < -0.4 is 10.1 Å². The molecule has 2 atom stereocenters. The van der Waals surface area contributed by atoms with Gasteiger partial charge in [-0.25, -0.2) is 0 Å². The van der Waals surface area contributed by atoms with E-state index in [1.54, 1.807) is 12.0 Å². The van der Waals surface area contributed by atoms with Crippen molar-refractivity contribution in [2.24, 2.45) is 0 Å². The predicted octanol–water partition coefficient (Wildman–Crippen LogP) is 2.05. The first kappa shape index (κ1) is 26.1. The molecule has 2 heterocycles. The van der Waals surface area contributed by atoms with Crippen LogP contribution in [0.2, 0.25) is 0 Å². The molecule has 2 aromatic rings. The number of piperazine rings is 1. The van der Waals surface area contributed by atoms with Crippen molar-refractivity contribution < 1.29 is 19.1 Å². The number of methoxy groups -OCH3 is 2. The van der Waals surface area contributed by atoms with E-state index in [-0.39, 0.29) is 24.5 Å². The van der Waals surface area contributed by atoms with Crippen LogP contribution in [0.15, 0.2) is 48.5 Å². The summed E-state index contributed by atoms with van der Waals surface area (Å²) in [6.45, 7) is 6.88. The highest BCUT2D eigenvalue weighted by molar-refractivity contribution is 5.89. The van der Waals surface area contributed by atoms with Gasteiger partial charge < -0.3 is 24.6 Å². The maximum absolute atomic E-state index is 13.6. The molecule has 2 aromatic carbocycles. The minimum atomic E-state index is -0.471. The topological polar surface area (TPSA) is 74.4 Å². The van der Waals surface area contributed by atoms with Gasteiger partial charge in [-0.05, 0) is 36.6 Å². The van der Waals surface area contributed by atoms with E-state index in [2.05, 4.69) is 47.5 Å². The molecule has 2 aliphatic heterocycles. The maximum Gasteiger partial charge on any atom is 0.249 e. The lowest BCUT2D eigenvalue weighted by molar-refractivity contribution is -0.146. The van der Waals surface area contributed by atoms with E-state index in [4.69, 9.17) is 9.47 Å². The van der Waals surface area contributed by atoms with Crippen molar-refractivity contribution >= 4 is 11.8 Å². The van der Waals surface area contributed by atoms with Crippen LogP contribution in [0.3, 0.4) is 0 Å². The van der Waals surface area contributed by atoms with Gasteiger partial charge in [-0.3, -0.25) is 14.5 Å². The van der Waals surface area contributed by atoms with Gasteiger partial charge in [0.05, 0.1) is 7.11 Å². The molecule has 8 heteroatoms. The van der Waals surface area contributed by atoms with Gasteiger partial charge in [0.25, 0.3) is 0 Å². The SMILES string of the molecule is COCC(=O)N1CC(N(Cc2ccc(C)cc2)Cc2cccc(OC)c2)CC1C(=O)N1CCNCC1. The van der Waals surface area contributed by atoms with Crippen LogP contribution in [0, 0.1) is 6.92 Å². The number of nitrogens with zero attached hydrogens (tertiary/aromatic N) is 3. The molecule has 0 spiro atoms. The Balaban J connectivity index is 1.59. The number of carbonyl (C=O) groups excluding carboxylic acids is 2. The second kappa shape index (κ2) is 12.3. The molecule has 2 unspecified atom stereocenters. The Labute approximate surface area is 214 Å². The van der Waals surface area contributed by atoms with Crippen molar-refractivity contribution in [1.29, 1.82) is 0 Å². The van der Waals surface area contributed by atoms with Crippen LogP contribution >= 0.6 is 0 Å². The van der Waals surface area contributed by atoms with E-state index in [9.17, 15) is 9.59 Å². The zero-order chi connectivity index (χ0) is 25.5. The van der Waals surface area contributed by atoms with Crippen molar-refractivity contribution in [2.45, 2.75) is 38.5 Å². The summed E-state index contributed by atoms with van der Waals surface area (Å²) in [4.78, 5) is 32.6. The van der Waals surface area contributed by atoms with Crippen LogP contribution in [0.25, 0.3) is 0 Å². The third-order valence-electron chi connectivity index (χ3n) is 7.12. The molecule has 1 N–H and O–H groups in total. The molecule has 4 rings (SSSR count). The Morgan fingerprint density at radius 3 is 2.44 bits per heavy atom. The van der Waals surface area contributed by atoms with Crippen molar-refractivity contribution in [1.82, 2.24) is 20.0 Å². The summed E-state index contributed by atoms with van der Waals surface area (Å²) in [6.07, 6.45) is 0.605. The third kappa shape index (κ3) is 6.43. The van der Waals surface area contributed by atoms with E-state index in [0.717, 1.165) is 30.9 Å². The summed E-state index contributed by atoms with van der Waals surface area (Å²) < 4.78 is 10.6. The summed E-state index contributed by atoms with van der Waals surface area (Å²) in [6, 6.07) is 16.2. The number of benzene rings is 2. The minimum absolute atomic E-state index is 0.0219. The van der Waals surface area contributed by atoms with Gasteiger partial charge in [0.2, 0.25) is 11.8 Å². The molecule has 2 fully saturated rings. The average Bonchev–Trinajstić information content (AvgIpc) is 3.35. The standard InChI is InChI=1S/C28H38N4O4/c1-21-7-9-22(10-8-21)17-31(18-23-5-4-6-25(15-23)36-3)24-16-26(32(19-24)27(33)20-35-2)28(34)30-13-11-29-12-14-30/h4-10,15,24,26,29H,11-14,16-20H2,1-3H3. The molecule has 0 aliphatic carbocycles. The van der Waals surface area contributed by atoms with Gasteiger partial charge in [-0.15, -0.1) is 0 Å². The van der Waals surface area contributed by atoms with E-state index in [1.807, 2.05) is 23.1 Å². The molecule has 0 radical (unpaired) electrons. The fraction of sp³-hybridized carbons (Fsp3) is 0.500. The number of aryl methyl sites for hydroxylation is 1. The number of likely N-dealkylation sites (tertiary alicyclic amines) is 1. The maximum atomic E-state index is 13.6. The summed E-state index contributed by atoms with van der Waals surface area (Å²) in [7, 11) is 3.19. The van der Waals surface area contributed by atoms with Gasteiger partial charge in [0.1, 0.15) is 18.4 Å². The molecule has 194 valence electrons. The fourth-order valence-electron chi connectivity index (χ4n) is 5.14. The van der Waals surface area contributed by atoms with Gasteiger partial charge in [0.15, 0.2) is 0 Å². The second-order valence-electron chi connectivity index (χ2n) is 9.70. The Kier molecular flexibility index (Phi) is 8.96. The largest absolute Gasteiger partial charge is 0.497 e. The quantitative estimate of drug-likeness (QED) is 0.575. The van der Waals surface area contributed by atoms with Crippen molar-refractivity contribution in [2.75, 3.05) is 53.6 Å². The van der Waals surface area contributed by atoms with Crippen molar-refractivity contribution in [3.05, 3.63) is 65.2 Å². The molecule has 2 amide bonds. The lowest BCUT2D eigenvalue weighted by atomic mass is 10.1. The van der Waals surface area contributed by atoms with Crippen LogP contribution in [-0.2, 0) is 27.4 Å². The Bertz CT molecular complexity index is 1020. The lowest BCUT2D eigenvalue weighted by Crippen LogP contribution is -2.53. The first-order valence-corrected chi connectivity index (χ1v) is 12.7. The molecule has 36 heavy (non-hydrogen) atoms. The zero-order valence-corrected chi connectivity index (χ0v) is 21.6. The molecule has 2 aliphatic rings. The lowest BCUT2D eigenvalue weighted by Gasteiger charge is -2.32. The van der Waals surface area contributed by atoms with E-state index >= 15 is 0 Å². The highest BCUT2D eigenvalue weighted by Gasteiger charge is 2.43. The molecular weight excluding hydrogens is 456 g/mol. The normalized spacial score (nSPS) is 20.1. The first-order valence-electron chi connectivity index (χ1n) is 12.7. The summed E-state index contributed by atoms with van der Waals surface area (Å²) in [5.74, 6) is 0.725. The summed E-state index contributed by atoms with van der Waals surface area (Å²) in [5, 5.41) is 3.30. The van der Waals surface area contributed by atoms with Crippen LogP contribution in [0.5, 0.6) is 5.75 Å². The van der Waals surface area contributed by atoms with Crippen LogP contribution in [0.4, 0.5) is 0 Å². The van der Waals surface area contributed by atoms with E-state index in [0.29, 0.717) is 32.6 Å².